The zero-order valence-corrected chi connectivity index (χ0v) is 15.2. The zero-order chi connectivity index (χ0) is 18.1. The van der Waals surface area contributed by atoms with Crippen molar-refractivity contribution in [2.75, 3.05) is 13.1 Å². The Kier molecular flexibility index (Phi) is 4.37. The molecular formula is C21H23N3O2. The fraction of sp³-hybridized carbons (Fsp3) is 0.333. The monoisotopic (exact) mass is 349 g/mol. The van der Waals surface area contributed by atoms with E-state index < -0.39 is 0 Å². The van der Waals surface area contributed by atoms with Crippen LogP contribution in [0.15, 0.2) is 47.1 Å². The summed E-state index contributed by atoms with van der Waals surface area (Å²) in [7, 11) is 0. The molecule has 1 aliphatic rings. The van der Waals surface area contributed by atoms with Crippen molar-refractivity contribution in [1.82, 2.24) is 14.7 Å². The Bertz CT molecular complexity index is 919. The number of aryl methyl sites for hydroxylation is 2. The second-order valence-electron chi connectivity index (χ2n) is 6.95. The van der Waals surface area contributed by atoms with E-state index in [-0.39, 0.29) is 5.91 Å². The molecule has 0 unspecified atom stereocenters. The standard InChI is InChI=1S/C21H23N3O2/c1-15-8-9-18(16(2)13-15)24-19(21(25)23-10-4-3-5-11-23)14-17(22-24)20-7-6-12-26-20/h6-9,12-14H,3-5,10-11H2,1-2H3. The highest BCUT2D eigenvalue weighted by molar-refractivity contribution is 5.94. The molecule has 0 saturated carbocycles. The van der Waals surface area contributed by atoms with Crippen molar-refractivity contribution < 1.29 is 9.21 Å². The van der Waals surface area contributed by atoms with E-state index in [4.69, 9.17) is 9.52 Å². The van der Waals surface area contributed by atoms with Gasteiger partial charge < -0.3 is 9.32 Å². The normalized spacial score (nSPS) is 14.6. The minimum absolute atomic E-state index is 0.0370. The Balaban J connectivity index is 1.81. The van der Waals surface area contributed by atoms with Crippen LogP contribution in [-0.4, -0.2) is 33.7 Å². The SMILES string of the molecule is Cc1ccc(-n2nc(-c3ccco3)cc2C(=O)N2CCCCC2)c(C)c1. The Morgan fingerprint density at radius 3 is 2.58 bits per heavy atom. The molecule has 3 aromatic rings. The van der Waals surface area contributed by atoms with Gasteiger partial charge in [-0.2, -0.15) is 5.10 Å². The van der Waals surface area contributed by atoms with Gasteiger partial charge in [-0.3, -0.25) is 4.79 Å². The molecule has 4 rings (SSSR count). The number of hydrogen-bond donors (Lipinski definition) is 0. The van der Waals surface area contributed by atoms with E-state index in [9.17, 15) is 4.79 Å². The summed E-state index contributed by atoms with van der Waals surface area (Å²) in [4.78, 5) is 15.1. The van der Waals surface area contributed by atoms with E-state index in [1.54, 1.807) is 10.9 Å². The first kappa shape index (κ1) is 16.6. The minimum Gasteiger partial charge on any atom is -0.463 e. The summed E-state index contributed by atoms with van der Waals surface area (Å²) in [5.74, 6) is 0.705. The molecule has 1 amide bonds. The number of aromatic nitrogens is 2. The third kappa shape index (κ3) is 3.05. The van der Waals surface area contributed by atoms with Crippen molar-refractivity contribution in [1.29, 1.82) is 0 Å². The van der Waals surface area contributed by atoms with Crippen LogP contribution in [0.4, 0.5) is 0 Å². The number of carbonyl (C=O) groups excluding carboxylic acids is 1. The maximum Gasteiger partial charge on any atom is 0.272 e. The molecule has 2 aromatic heterocycles. The lowest BCUT2D eigenvalue weighted by atomic mass is 10.1. The summed E-state index contributed by atoms with van der Waals surface area (Å²) in [6.07, 6.45) is 4.94. The Morgan fingerprint density at radius 1 is 1.08 bits per heavy atom. The van der Waals surface area contributed by atoms with Crippen LogP contribution in [0.25, 0.3) is 17.1 Å². The number of carbonyl (C=O) groups is 1. The van der Waals surface area contributed by atoms with Crippen molar-refractivity contribution in [3.05, 3.63) is 59.5 Å². The number of piperidine rings is 1. The summed E-state index contributed by atoms with van der Waals surface area (Å²) in [6, 6.07) is 11.7. The molecule has 1 aliphatic heterocycles. The second kappa shape index (κ2) is 6.83. The van der Waals surface area contributed by atoms with Crippen LogP contribution in [-0.2, 0) is 0 Å². The summed E-state index contributed by atoms with van der Waals surface area (Å²) in [6.45, 7) is 5.74. The van der Waals surface area contributed by atoms with Crippen molar-refractivity contribution in [3.8, 4) is 17.1 Å². The summed E-state index contributed by atoms with van der Waals surface area (Å²) in [5.41, 5.74) is 4.47. The van der Waals surface area contributed by atoms with Crippen molar-refractivity contribution in [2.24, 2.45) is 0 Å². The van der Waals surface area contributed by atoms with Crippen LogP contribution in [0.3, 0.4) is 0 Å². The van der Waals surface area contributed by atoms with Gasteiger partial charge in [-0.05, 0) is 56.9 Å². The van der Waals surface area contributed by atoms with Gasteiger partial charge in [0.05, 0.1) is 12.0 Å². The van der Waals surface area contributed by atoms with Gasteiger partial charge in [-0.15, -0.1) is 0 Å². The number of benzene rings is 1. The largest absolute Gasteiger partial charge is 0.463 e. The molecule has 1 aromatic carbocycles. The molecule has 1 saturated heterocycles. The van der Waals surface area contributed by atoms with Crippen LogP contribution in [0.2, 0.25) is 0 Å². The maximum atomic E-state index is 13.2. The summed E-state index contributed by atoms with van der Waals surface area (Å²) >= 11 is 0. The molecule has 26 heavy (non-hydrogen) atoms. The van der Waals surface area contributed by atoms with E-state index in [1.165, 1.54) is 12.0 Å². The van der Waals surface area contributed by atoms with Gasteiger partial charge >= 0.3 is 0 Å². The van der Waals surface area contributed by atoms with Crippen molar-refractivity contribution in [3.63, 3.8) is 0 Å². The molecule has 0 aliphatic carbocycles. The Hall–Kier alpha value is -2.82. The first-order valence-electron chi connectivity index (χ1n) is 9.14. The lowest BCUT2D eigenvalue weighted by molar-refractivity contribution is 0.0715. The Labute approximate surface area is 153 Å². The van der Waals surface area contributed by atoms with Gasteiger partial charge in [0, 0.05) is 19.2 Å². The van der Waals surface area contributed by atoms with Gasteiger partial charge in [0.1, 0.15) is 11.4 Å². The van der Waals surface area contributed by atoms with Gasteiger partial charge in [0.2, 0.25) is 0 Å². The molecule has 3 heterocycles. The quantitative estimate of drug-likeness (QED) is 0.705. The average molecular weight is 349 g/mol. The van der Waals surface area contributed by atoms with Crippen LogP contribution in [0.5, 0.6) is 0 Å². The van der Waals surface area contributed by atoms with E-state index >= 15 is 0 Å². The van der Waals surface area contributed by atoms with E-state index in [0.717, 1.165) is 37.2 Å². The fourth-order valence-electron chi connectivity index (χ4n) is 3.56. The summed E-state index contributed by atoms with van der Waals surface area (Å²) < 4.78 is 7.27. The number of rotatable bonds is 3. The van der Waals surface area contributed by atoms with E-state index in [2.05, 4.69) is 13.0 Å². The predicted molar refractivity (Wildman–Crippen MR) is 100 cm³/mol. The summed E-state index contributed by atoms with van der Waals surface area (Å²) in [5, 5.41) is 4.70. The molecule has 1 fully saturated rings. The topological polar surface area (TPSA) is 51.3 Å². The van der Waals surface area contributed by atoms with Crippen LogP contribution in [0, 0.1) is 13.8 Å². The number of hydrogen-bond acceptors (Lipinski definition) is 3. The fourth-order valence-corrected chi connectivity index (χ4v) is 3.56. The number of furan rings is 1. The van der Waals surface area contributed by atoms with Crippen LogP contribution < -0.4 is 0 Å². The van der Waals surface area contributed by atoms with Gasteiger partial charge in [0.15, 0.2) is 5.76 Å². The third-order valence-electron chi connectivity index (χ3n) is 4.93. The average Bonchev–Trinajstić information content (AvgIpc) is 3.31. The molecule has 0 spiro atoms. The van der Waals surface area contributed by atoms with Crippen LogP contribution in [0.1, 0.15) is 40.9 Å². The van der Waals surface area contributed by atoms with Crippen molar-refractivity contribution >= 4 is 5.91 Å². The van der Waals surface area contributed by atoms with Crippen LogP contribution >= 0.6 is 0 Å². The third-order valence-corrected chi connectivity index (χ3v) is 4.93. The minimum atomic E-state index is 0.0370. The zero-order valence-electron chi connectivity index (χ0n) is 15.2. The molecular weight excluding hydrogens is 326 g/mol. The Morgan fingerprint density at radius 2 is 1.88 bits per heavy atom. The lowest BCUT2D eigenvalue weighted by Gasteiger charge is -2.26. The lowest BCUT2D eigenvalue weighted by Crippen LogP contribution is -2.36. The highest BCUT2D eigenvalue weighted by Gasteiger charge is 2.25. The smallest absolute Gasteiger partial charge is 0.272 e. The van der Waals surface area contributed by atoms with Gasteiger partial charge in [-0.1, -0.05) is 17.7 Å². The molecule has 0 bridgehead atoms. The van der Waals surface area contributed by atoms with E-state index in [1.807, 2.05) is 42.2 Å². The number of likely N-dealkylation sites (tertiary alicyclic amines) is 1. The molecule has 134 valence electrons. The predicted octanol–water partition coefficient (Wildman–Crippen LogP) is 4.38. The number of amides is 1. The molecule has 5 heteroatoms. The molecule has 0 N–H and O–H groups in total. The highest BCUT2D eigenvalue weighted by atomic mass is 16.3. The molecule has 0 radical (unpaired) electrons. The highest BCUT2D eigenvalue weighted by Crippen LogP contribution is 2.25. The molecule has 5 nitrogen and oxygen atoms in total. The first-order chi connectivity index (χ1) is 12.6. The van der Waals surface area contributed by atoms with Crippen molar-refractivity contribution in [2.45, 2.75) is 33.1 Å². The van der Waals surface area contributed by atoms with E-state index in [0.29, 0.717) is 17.1 Å². The molecule has 0 atom stereocenters. The van der Waals surface area contributed by atoms with Gasteiger partial charge in [-0.25, -0.2) is 4.68 Å². The first-order valence-corrected chi connectivity index (χ1v) is 9.14. The maximum absolute atomic E-state index is 13.2. The number of nitrogens with zero attached hydrogens (tertiary/aromatic N) is 3. The second-order valence-corrected chi connectivity index (χ2v) is 6.95. The van der Waals surface area contributed by atoms with Gasteiger partial charge in [0.25, 0.3) is 5.91 Å².